The first-order chi connectivity index (χ1) is 5.22. The molecule has 0 aliphatic heterocycles. The predicted molar refractivity (Wildman–Crippen MR) is 51.7 cm³/mol. The van der Waals surface area contributed by atoms with E-state index in [2.05, 4.69) is 50.7 Å². The molecule has 1 nitrogen and oxygen atoms in total. The normalized spacial score (nSPS) is 7.91. The zero-order valence-electron chi connectivity index (χ0n) is 6.74. The number of thiol groups is 1. The molecule has 0 atom stereocenters. The molecule has 0 bridgehead atoms. The standard InChI is InChI=1S/C8H10.CH2OS/c1-7-5-3-4-6-8(7)2;2-1-3/h3-6H,1-2H3;1H,(H,2,3). The van der Waals surface area contributed by atoms with E-state index in [0.29, 0.717) is 5.62 Å². The van der Waals surface area contributed by atoms with Gasteiger partial charge in [0.15, 0.2) is 5.62 Å². The third kappa shape index (κ3) is 4.62. The molecule has 1 aromatic carbocycles. The van der Waals surface area contributed by atoms with Crippen molar-refractivity contribution in [3.8, 4) is 0 Å². The van der Waals surface area contributed by atoms with Crippen molar-refractivity contribution in [1.29, 1.82) is 0 Å². The van der Waals surface area contributed by atoms with Crippen molar-refractivity contribution in [2.75, 3.05) is 0 Å². The summed E-state index contributed by atoms with van der Waals surface area (Å²) in [5, 5.41) is 0. The smallest absolute Gasteiger partial charge is 0.173 e. The Morgan fingerprint density at radius 3 is 1.64 bits per heavy atom. The van der Waals surface area contributed by atoms with Crippen LogP contribution in [0.4, 0.5) is 0 Å². The van der Waals surface area contributed by atoms with Gasteiger partial charge in [0.1, 0.15) is 0 Å². The molecule has 11 heavy (non-hydrogen) atoms. The Labute approximate surface area is 72.8 Å². The van der Waals surface area contributed by atoms with Crippen LogP contribution in [0, 0.1) is 13.8 Å². The molecule has 0 saturated heterocycles. The van der Waals surface area contributed by atoms with Crippen molar-refractivity contribution in [2.24, 2.45) is 0 Å². The molecular weight excluding hydrogens is 156 g/mol. The van der Waals surface area contributed by atoms with Gasteiger partial charge in [0.25, 0.3) is 0 Å². The minimum absolute atomic E-state index is 0.444. The fourth-order valence-electron chi connectivity index (χ4n) is 0.663. The Hall–Kier alpha value is -0.760. The molecule has 2 heteroatoms. The van der Waals surface area contributed by atoms with Crippen LogP contribution in [0.15, 0.2) is 24.3 Å². The van der Waals surface area contributed by atoms with Gasteiger partial charge in [-0.2, -0.15) is 0 Å². The van der Waals surface area contributed by atoms with Gasteiger partial charge in [-0.3, -0.25) is 4.79 Å². The number of carbonyl (C=O) groups excluding carboxylic acids is 1. The average Bonchev–Trinajstić information content (AvgIpc) is 1.97. The van der Waals surface area contributed by atoms with E-state index < -0.39 is 0 Å². The lowest BCUT2D eigenvalue weighted by atomic mass is 10.1. The average molecular weight is 168 g/mol. The Balaban J connectivity index is 0.000000292. The van der Waals surface area contributed by atoms with Gasteiger partial charge < -0.3 is 0 Å². The second-order valence-corrected chi connectivity index (χ2v) is 2.40. The van der Waals surface area contributed by atoms with Crippen molar-refractivity contribution in [3.05, 3.63) is 35.4 Å². The summed E-state index contributed by atoms with van der Waals surface area (Å²) >= 11 is 3.11. The molecular formula is C9H12OS. The van der Waals surface area contributed by atoms with E-state index in [1.54, 1.807) is 0 Å². The van der Waals surface area contributed by atoms with Gasteiger partial charge in [-0.1, -0.05) is 24.3 Å². The molecule has 1 rings (SSSR count). The number of rotatable bonds is 0. The Morgan fingerprint density at radius 2 is 1.45 bits per heavy atom. The molecule has 0 radical (unpaired) electrons. The molecule has 0 aromatic heterocycles. The van der Waals surface area contributed by atoms with Gasteiger partial charge in [-0.25, -0.2) is 0 Å². The van der Waals surface area contributed by atoms with E-state index in [4.69, 9.17) is 4.79 Å². The summed E-state index contributed by atoms with van der Waals surface area (Å²) in [6.45, 7) is 4.24. The second-order valence-electron chi connectivity index (χ2n) is 2.19. The third-order valence-corrected chi connectivity index (χ3v) is 1.43. The third-order valence-electron chi connectivity index (χ3n) is 1.43. The summed E-state index contributed by atoms with van der Waals surface area (Å²) < 4.78 is 0. The molecule has 0 N–H and O–H groups in total. The van der Waals surface area contributed by atoms with Crippen LogP contribution >= 0.6 is 12.6 Å². The summed E-state index contributed by atoms with van der Waals surface area (Å²) in [6.07, 6.45) is 0. The number of hydrogen-bond acceptors (Lipinski definition) is 1. The van der Waals surface area contributed by atoms with Crippen LogP contribution in [0.2, 0.25) is 0 Å². The number of hydrogen-bond donors (Lipinski definition) is 1. The van der Waals surface area contributed by atoms with E-state index in [1.165, 1.54) is 11.1 Å². The van der Waals surface area contributed by atoms with E-state index in [-0.39, 0.29) is 0 Å². The molecule has 0 unspecified atom stereocenters. The fourth-order valence-corrected chi connectivity index (χ4v) is 0.663. The van der Waals surface area contributed by atoms with Gasteiger partial charge >= 0.3 is 0 Å². The minimum atomic E-state index is 0.444. The quantitative estimate of drug-likeness (QED) is 0.465. The molecule has 0 heterocycles. The van der Waals surface area contributed by atoms with Crippen LogP contribution in [0.5, 0.6) is 0 Å². The zero-order valence-corrected chi connectivity index (χ0v) is 7.64. The summed E-state index contributed by atoms with van der Waals surface area (Å²) in [4.78, 5) is 8.67. The Bertz CT molecular complexity index is 200. The van der Waals surface area contributed by atoms with Crippen LogP contribution < -0.4 is 0 Å². The monoisotopic (exact) mass is 168 g/mol. The van der Waals surface area contributed by atoms with E-state index in [0.717, 1.165) is 0 Å². The van der Waals surface area contributed by atoms with Gasteiger partial charge in [0.2, 0.25) is 0 Å². The van der Waals surface area contributed by atoms with Crippen LogP contribution in [0.25, 0.3) is 0 Å². The van der Waals surface area contributed by atoms with Crippen molar-refractivity contribution >= 4 is 18.2 Å². The van der Waals surface area contributed by atoms with Crippen molar-refractivity contribution in [2.45, 2.75) is 13.8 Å². The lowest BCUT2D eigenvalue weighted by Gasteiger charge is -1.93. The number of carbonyl (C=O) groups is 1. The van der Waals surface area contributed by atoms with E-state index in [1.807, 2.05) is 0 Å². The minimum Gasteiger partial charge on any atom is -0.291 e. The first kappa shape index (κ1) is 10.2. The molecule has 1 aromatic rings. The van der Waals surface area contributed by atoms with E-state index >= 15 is 0 Å². The topological polar surface area (TPSA) is 17.1 Å². The summed E-state index contributed by atoms with van der Waals surface area (Å²) in [5.41, 5.74) is 3.18. The highest BCUT2D eigenvalue weighted by atomic mass is 32.1. The number of aryl methyl sites for hydroxylation is 2. The fraction of sp³-hybridized carbons (Fsp3) is 0.222. The highest BCUT2D eigenvalue weighted by molar-refractivity contribution is 7.94. The first-order valence-corrected chi connectivity index (χ1v) is 3.84. The maximum absolute atomic E-state index is 8.67. The highest BCUT2D eigenvalue weighted by Gasteiger charge is 1.83. The Kier molecular flexibility index (Phi) is 5.57. The molecule has 0 saturated carbocycles. The molecule has 0 amide bonds. The summed E-state index contributed by atoms with van der Waals surface area (Å²) in [5.74, 6) is 0. The van der Waals surface area contributed by atoms with E-state index in [9.17, 15) is 0 Å². The van der Waals surface area contributed by atoms with Crippen molar-refractivity contribution in [1.82, 2.24) is 0 Å². The SMILES string of the molecule is Cc1ccccc1C.O=CS. The van der Waals surface area contributed by atoms with Gasteiger partial charge in [0, 0.05) is 0 Å². The van der Waals surface area contributed by atoms with Gasteiger partial charge in [-0.05, 0) is 25.0 Å². The van der Waals surface area contributed by atoms with Crippen LogP contribution in [0.3, 0.4) is 0 Å². The van der Waals surface area contributed by atoms with Crippen LogP contribution in [0.1, 0.15) is 11.1 Å². The maximum atomic E-state index is 8.67. The largest absolute Gasteiger partial charge is 0.291 e. The summed E-state index contributed by atoms with van der Waals surface area (Å²) in [6, 6.07) is 8.36. The second kappa shape index (κ2) is 5.98. The molecule has 0 spiro atoms. The molecule has 0 aliphatic carbocycles. The lowest BCUT2D eigenvalue weighted by Crippen LogP contribution is -1.74. The zero-order chi connectivity index (χ0) is 8.69. The Morgan fingerprint density at radius 1 is 1.18 bits per heavy atom. The molecule has 0 aliphatic rings. The molecule has 60 valence electrons. The maximum Gasteiger partial charge on any atom is 0.173 e. The lowest BCUT2D eigenvalue weighted by molar-refractivity contribution is 0.570. The first-order valence-electron chi connectivity index (χ1n) is 3.32. The van der Waals surface area contributed by atoms with Gasteiger partial charge in [-0.15, -0.1) is 12.6 Å². The summed E-state index contributed by atoms with van der Waals surface area (Å²) in [7, 11) is 0. The van der Waals surface area contributed by atoms with Crippen molar-refractivity contribution < 1.29 is 4.79 Å². The van der Waals surface area contributed by atoms with Crippen LogP contribution in [-0.4, -0.2) is 5.62 Å². The van der Waals surface area contributed by atoms with Crippen molar-refractivity contribution in [3.63, 3.8) is 0 Å². The van der Waals surface area contributed by atoms with Crippen LogP contribution in [-0.2, 0) is 4.79 Å². The number of benzene rings is 1. The van der Waals surface area contributed by atoms with Gasteiger partial charge in [0.05, 0.1) is 0 Å². The highest BCUT2D eigenvalue weighted by Crippen LogP contribution is 2.02. The predicted octanol–water partition coefficient (Wildman–Crippen LogP) is 2.41. The molecule has 0 fully saturated rings.